The number of nitrogens with zero attached hydrogens (tertiary/aromatic N) is 2. The average Bonchev–Trinajstić information content (AvgIpc) is 2.94. The van der Waals surface area contributed by atoms with Crippen LogP contribution in [0.3, 0.4) is 0 Å². The fourth-order valence-electron chi connectivity index (χ4n) is 5.23. The molecule has 2 aliphatic heterocycles. The van der Waals surface area contributed by atoms with Crippen molar-refractivity contribution in [1.82, 2.24) is 9.55 Å². The lowest BCUT2D eigenvalue weighted by molar-refractivity contribution is -0.157. The molecule has 7 heteroatoms. The van der Waals surface area contributed by atoms with Crippen LogP contribution in [-0.4, -0.2) is 20.6 Å². The van der Waals surface area contributed by atoms with Crippen LogP contribution in [0.25, 0.3) is 22.3 Å². The van der Waals surface area contributed by atoms with Gasteiger partial charge in [-0.05, 0) is 55.4 Å². The van der Waals surface area contributed by atoms with Crippen LogP contribution in [0.4, 0.5) is 4.39 Å². The number of esters is 1. The standard InChI is InChI=1S/C23H19FN2O4/c1-10-11-4-2-3-5-12-14-8-26-18(20(14)25-17(19(11)12)7-16(10)24)6-13-15(22(26)28)9-30-23(29)21(13)27/h6-7,21,27H,2-5,8-9H2,1H3. The molecule has 30 heavy (non-hydrogen) atoms. The topological polar surface area (TPSA) is 81.4 Å². The number of aryl methyl sites for hydroxylation is 2. The van der Waals surface area contributed by atoms with Gasteiger partial charge in [0.25, 0.3) is 5.56 Å². The van der Waals surface area contributed by atoms with Crippen molar-refractivity contribution in [2.24, 2.45) is 0 Å². The lowest BCUT2D eigenvalue weighted by Crippen LogP contribution is -2.32. The molecule has 4 heterocycles. The number of carbonyl (C=O) groups is 1. The highest BCUT2D eigenvalue weighted by atomic mass is 19.1. The van der Waals surface area contributed by atoms with Crippen LogP contribution in [0.2, 0.25) is 0 Å². The van der Waals surface area contributed by atoms with Crippen LogP contribution in [0.1, 0.15) is 52.3 Å². The van der Waals surface area contributed by atoms with E-state index in [0.717, 1.165) is 47.8 Å². The zero-order chi connectivity index (χ0) is 20.7. The fraction of sp³-hybridized carbons (Fsp3) is 0.348. The number of pyridine rings is 2. The lowest BCUT2D eigenvalue weighted by atomic mass is 9.93. The highest BCUT2D eigenvalue weighted by Crippen LogP contribution is 2.41. The molecule has 6 nitrogen and oxygen atoms in total. The largest absolute Gasteiger partial charge is 0.458 e. The second-order valence-corrected chi connectivity index (χ2v) is 8.35. The van der Waals surface area contributed by atoms with Gasteiger partial charge in [0.1, 0.15) is 12.4 Å². The Hall–Kier alpha value is -3.06. The van der Waals surface area contributed by atoms with E-state index in [9.17, 15) is 19.1 Å². The number of carbonyl (C=O) groups excluding carboxylic acids is 1. The summed E-state index contributed by atoms with van der Waals surface area (Å²) < 4.78 is 21.2. The van der Waals surface area contributed by atoms with Gasteiger partial charge in [-0.3, -0.25) is 4.79 Å². The normalized spacial score (nSPS) is 19.2. The average molecular weight is 406 g/mol. The molecule has 0 fully saturated rings. The Labute approximate surface area is 170 Å². The van der Waals surface area contributed by atoms with Gasteiger partial charge in [0, 0.05) is 22.6 Å². The van der Waals surface area contributed by atoms with E-state index in [1.165, 1.54) is 6.07 Å². The molecule has 3 aromatic rings. The maximum Gasteiger partial charge on any atom is 0.340 e. The molecule has 0 amide bonds. The van der Waals surface area contributed by atoms with Crippen molar-refractivity contribution >= 4 is 16.9 Å². The fourth-order valence-corrected chi connectivity index (χ4v) is 5.23. The highest BCUT2D eigenvalue weighted by molar-refractivity contribution is 5.92. The van der Waals surface area contributed by atoms with Crippen molar-refractivity contribution in [3.8, 4) is 11.4 Å². The van der Waals surface area contributed by atoms with Gasteiger partial charge in [0.2, 0.25) is 0 Å². The zero-order valence-electron chi connectivity index (χ0n) is 16.4. The Morgan fingerprint density at radius 3 is 2.70 bits per heavy atom. The number of halogens is 1. The van der Waals surface area contributed by atoms with E-state index < -0.39 is 12.1 Å². The molecule has 0 bridgehead atoms. The van der Waals surface area contributed by atoms with Gasteiger partial charge in [-0.25, -0.2) is 14.2 Å². The Morgan fingerprint density at radius 2 is 1.90 bits per heavy atom. The third kappa shape index (κ3) is 2.18. The van der Waals surface area contributed by atoms with Gasteiger partial charge >= 0.3 is 5.97 Å². The number of cyclic esters (lactones) is 1. The maximum atomic E-state index is 14.6. The summed E-state index contributed by atoms with van der Waals surface area (Å²) >= 11 is 0. The Kier molecular flexibility index (Phi) is 3.54. The van der Waals surface area contributed by atoms with Crippen LogP contribution in [0.15, 0.2) is 16.9 Å². The Bertz CT molecular complexity index is 1360. The first-order valence-corrected chi connectivity index (χ1v) is 10.2. The summed E-state index contributed by atoms with van der Waals surface area (Å²) in [4.78, 5) is 29.7. The first-order valence-electron chi connectivity index (χ1n) is 10.2. The van der Waals surface area contributed by atoms with Gasteiger partial charge < -0.3 is 14.4 Å². The van der Waals surface area contributed by atoms with Gasteiger partial charge in [-0.1, -0.05) is 0 Å². The third-order valence-corrected chi connectivity index (χ3v) is 6.79. The van der Waals surface area contributed by atoms with Crippen LogP contribution < -0.4 is 5.56 Å². The summed E-state index contributed by atoms with van der Waals surface area (Å²) in [5, 5.41) is 11.3. The van der Waals surface area contributed by atoms with Crippen LogP contribution in [0, 0.1) is 12.7 Å². The molecule has 1 unspecified atom stereocenters. The Balaban J connectivity index is 1.68. The van der Waals surface area contributed by atoms with Crippen LogP contribution >= 0.6 is 0 Å². The van der Waals surface area contributed by atoms with Crippen LogP contribution in [0.5, 0.6) is 0 Å². The molecule has 0 saturated heterocycles. The first-order chi connectivity index (χ1) is 14.5. The second-order valence-electron chi connectivity index (χ2n) is 8.35. The molecule has 0 spiro atoms. The van der Waals surface area contributed by atoms with E-state index in [-0.39, 0.29) is 23.5 Å². The summed E-state index contributed by atoms with van der Waals surface area (Å²) in [5.74, 6) is -1.03. The minimum atomic E-state index is -1.48. The number of rotatable bonds is 0. The molecule has 6 rings (SSSR count). The number of hydrogen-bond donors (Lipinski definition) is 1. The maximum absolute atomic E-state index is 14.6. The second kappa shape index (κ2) is 5.98. The van der Waals surface area contributed by atoms with E-state index >= 15 is 0 Å². The summed E-state index contributed by atoms with van der Waals surface area (Å²) in [6, 6.07) is 3.15. The highest BCUT2D eigenvalue weighted by Gasteiger charge is 2.35. The first kappa shape index (κ1) is 17.8. The van der Waals surface area contributed by atoms with Crippen molar-refractivity contribution in [3.63, 3.8) is 0 Å². The molecule has 1 aliphatic carbocycles. The van der Waals surface area contributed by atoms with E-state index in [1.54, 1.807) is 10.6 Å². The van der Waals surface area contributed by atoms with E-state index in [1.807, 2.05) is 6.92 Å². The number of benzene rings is 1. The van der Waals surface area contributed by atoms with Crippen molar-refractivity contribution in [2.45, 2.75) is 51.9 Å². The number of aliphatic hydroxyl groups is 1. The molecule has 152 valence electrons. The molecule has 1 N–H and O–H groups in total. The van der Waals surface area contributed by atoms with Crippen molar-refractivity contribution in [3.05, 3.63) is 61.7 Å². The van der Waals surface area contributed by atoms with Crippen LogP contribution in [-0.2, 0) is 35.5 Å². The molecule has 1 atom stereocenters. The zero-order valence-corrected chi connectivity index (χ0v) is 16.4. The van der Waals surface area contributed by atoms with Crippen molar-refractivity contribution < 1.29 is 19.0 Å². The summed E-state index contributed by atoms with van der Waals surface area (Å²) in [6.45, 7) is 2.06. The predicted molar refractivity (Wildman–Crippen MR) is 107 cm³/mol. The van der Waals surface area contributed by atoms with E-state index in [4.69, 9.17) is 9.72 Å². The SMILES string of the molecule is Cc1c(F)cc2nc3c(c4c2c1CCCC4)Cn1c-3cc2c(c1=O)COC(=O)C2O. The smallest absolute Gasteiger partial charge is 0.340 e. The lowest BCUT2D eigenvalue weighted by Gasteiger charge is -2.21. The molecule has 2 aromatic heterocycles. The van der Waals surface area contributed by atoms with Crippen molar-refractivity contribution in [2.75, 3.05) is 0 Å². The predicted octanol–water partition coefficient (Wildman–Crippen LogP) is 2.84. The summed E-state index contributed by atoms with van der Waals surface area (Å²) in [7, 11) is 0. The van der Waals surface area contributed by atoms with Gasteiger partial charge in [0.05, 0.1) is 29.0 Å². The molecule has 0 radical (unpaired) electrons. The van der Waals surface area contributed by atoms with Gasteiger partial charge in [0.15, 0.2) is 6.10 Å². The summed E-state index contributed by atoms with van der Waals surface area (Å²) in [5.41, 5.74) is 5.92. The molecular weight excluding hydrogens is 387 g/mol. The van der Waals surface area contributed by atoms with Crippen molar-refractivity contribution in [1.29, 1.82) is 0 Å². The number of ether oxygens (including phenoxy) is 1. The minimum Gasteiger partial charge on any atom is -0.458 e. The molecule has 1 aromatic carbocycles. The number of aromatic nitrogens is 2. The number of aliphatic hydroxyl groups excluding tert-OH is 1. The molecule has 3 aliphatic rings. The monoisotopic (exact) mass is 406 g/mol. The third-order valence-electron chi connectivity index (χ3n) is 6.79. The minimum absolute atomic E-state index is 0.141. The van der Waals surface area contributed by atoms with Gasteiger partial charge in [-0.2, -0.15) is 0 Å². The van der Waals surface area contributed by atoms with E-state index in [0.29, 0.717) is 34.6 Å². The Morgan fingerprint density at radius 1 is 1.13 bits per heavy atom. The molecular formula is C23H19FN2O4. The molecule has 0 saturated carbocycles. The van der Waals surface area contributed by atoms with Gasteiger partial charge in [-0.15, -0.1) is 0 Å². The number of hydrogen-bond acceptors (Lipinski definition) is 5. The quantitative estimate of drug-likeness (QED) is 0.454. The summed E-state index contributed by atoms with van der Waals surface area (Å²) in [6.07, 6.45) is 2.16. The number of fused-ring (bicyclic) bond motifs is 5. The van der Waals surface area contributed by atoms with E-state index in [2.05, 4.69) is 0 Å².